The molecule has 0 aliphatic carbocycles. The van der Waals surface area contributed by atoms with Crippen LogP contribution in [0.15, 0.2) is 47.7 Å². The summed E-state index contributed by atoms with van der Waals surface area (Å²) in [5.74, 6) is -0.486. The molecule has 3 aromatic rings. The second kappa shape index (κ2) is 5.61. The van der Waals surface area contributed by atoms with Crippen LogP contribution in [0.1, 0.15) is 6.92 Å². The molecule has 0 unspecified atom stereocenters. The minimum Gasteiger partial charge on any atom is -0.272 e. The van der Waals surface area contributed by atoms with E-state index in [4.69, 9.17) is 11.6 Å². The monoisotopic (exact) mass is 317 g/mol. The summed E-state index contributed by atoms with van der Waals surface area (Å²) in [5, 5.41) is 3.73. The van der Waals surface area contributed by atoms with Gasteiger partial charge < -0.3 is 0 Å². The molecule has 0 aliphatic heterocycles. The molecule has 1 N–H and O–H groups in total. The highest BCUT2D eigenvalue weighted by molar-refractivity contribution is 6.31. The zero-order chi connectivity index (χ0) is 15.7. The van der Waals surface area contributed by atoms with Gasteiger partial charge in [0.15, 0.2) is 5.65 Å². The molecule has 2 aromatic heterocycles. The minimum absolute atomic E-state index is 0.300. The Bertz CT molecular complexity index is 885. The number of amides is 1. The van der Waals surface area contributed by atoms with Crippen molar-refractivity contribution in [2.45, 2.75) is 12.3 Å². The fourth-order valence-corrected chi connectivity index (χ4v) is 2.01. The van der Waals surface area contributed by atoms with E-state index in [0.29, 0.717) is 11.0 Å². The highest BCUT2D eigenvalue weighted by Crippen LogP contribution is 2.12. The van der Waals surface area contributed by atoms with Crippen molar-refractivity contribution >= 4 is 28.5 Å². The van der Waals surface area contributed by atoms with Crippen molar-refractivity contribution < 1.29 is 4.79 Å². The molecule has 7 nitrogen and oxygen atoms in total. The van der Waals surface area contributed by atoms with Crippen molar-refractivity contribution in [3.8, 4) is 5.69 Å². The summed E-state index contributed by atoms with van der Waals surface area (Å²) in [4.78, 5) is 28.1. The van der Waals surface area contributed by atoms with Gasteiger partial charge in [0.1, 0.15) is 17.1 Å². The molecular weight excluding hydrogens is 306 g/mol. The van der Waals surface area contributed by atoms with Crippen molar-refractivity contribution in [1.82, 2.24) is 19.4 Å². The molecule has 112 valence electrons. The summed E-state index contributed by atoms with van der Waals surface area (Å²) < 4.78 is 2.56. The van der Waals surface area contributed by atoms with Crippen LogP contribution in [-0.2, 0) is 4.79 Å². The first-order chi connectivity index (χ1) is 10.6. The number of carbonyl (C=O) groups is 1. The summed E-state index contributed by atoms with van der Waals surface area (Å²) in [6.07, 6.45) is 2.66. The van der Waals surface area contributed by atoms with Crippen LogP contribution in [0.3, 0.4) is 0 Å². The Morgan fingerprint density at radius 1 is 1.32 bits per heavy atom. The lowest BCUT2D eigenvalue weighted by Crippen LogP contribution is -2.36. The summed E-state index contributed by atoms with van der Waals surface area (Å²) in [7, 11) is 0. The van der Waals surface area contributed by atoms with E-state index in [2.05, 4.69) is 15.5 Å². The average Bonchev–Trinajstić information content (AvgIpc) is 2.95. The first-order valence-corrected chi connectivity index (χ1v) is 6.97. The molecule has 0 aliphatic rings. The molecular formula is C14H12ClN5O2. The van der Waals surface area contributed by atoms with E-state index in [-0.39, 0.29) is 0 Å². The normalized spacial score (nSPS) is 12.3. The molecule has 0 radical (unpaired) electrons. The number of hydrogen-bond donors (Lipinski definition) is 1. The van der Waals surface area contributed by atoms with Crippen LogP contribution in [0.5, 0.6) is 0 Å². The van der Waals surface area contributed by atoms with Crippen molar-refractivity contribution in [2.75, 3.05) is 5.43 Å². The number of aromatic nitrogens is 4. The number of hydrogen-bond acceptors (Lipinski definition) is 4. The highest BCUT2D eigenvalue weighted by atomic mass is 35.5. The number of carbonyl (C=O) groups excluding carboxylic acids is 1. The van der Waals surface area contributed by atoms with E-state index in [0.717, 1.165) is 10.4 Å². The molecule has 22 heavy (non-hydrogen) atoms. The Morgan fingerprint density at radius 2 is 2.05 bits per heavy atom. The smallest absolute Gasteiger partial charge is 0.272 e. The van der Waals surface area contributed by atoms with Gasteiger partial charge in [0.05, 0.1) is 11.9 Å². The van der Waals surface area contributed by atoms with E-state index in [9.17, 15) is 9.59 Å². The molecule has 1 atom stereocenters. The maximum absolute atomic E-state index is 12.3. The van der Waals surface area contributed by atoms with Gasteiger partial charge in [-0.15, -0.1) is 11.6 Å². The van der Waals surface area contributed by atoms with Crippen LogP contribution < -0.4 is 11.0 Å². The van der Waals surface area contributed by atoms with Crippen LogP contribution in [-0.4, -0.2) is 30.7 Å². The van der Waals surface area contributed by atoms with E-state index in [1.807, 2.05) is 30.3 Å². The van der Waals surface area contributed by atoms with E-state index in [1.165, 1.54) is 19.4 Å². The fraction of sp³-hybridized carbons (Fsp3) is 0.143. The van der Waals surface area contributed by atoms with Gasteiger partial charge in [0.2, 0.25) is 0 Å². The maximum atomic E-state index is 12.3. The number of fused-ring (bicyclic) bond motifs is 1. The molecule has 0 bridgehead atoms. The maximum Gasteiger partial charge on any atom is 0.283 e. The van der Waals surface area contributed by atoms with Gasteiger partial charge in [0.25, 0.3) is 11.5 Å². The lowest BCUT2D eigenvalue weighted by Gasteiger charge is -2.08. The molecule has 0 saturated heterocycles. The third-order valence-electron chi connectivity index (χ3n) is 3.08. The van der Waals surface area contributed by atoms with E-state index >= 15 is 0 Å². The Hall–Kier alpha value is -2.67. The number of nitrogens with zero attached hydrogens (tertiary/aromatic N) is 4. The lowest BCUT2D eigenvalue weighted by atomic mass is 10.3. The molecule has 1 amide bonds. The Kier molecular flexibility index (Phi) is 3.64. The standard InChI is InChI=1S/C14H12ClN5O2/c1-9(15)13(21)18-19-8-16-12-11(14(19)22)7-17-20(12)10-5-3-2-4-6-10/h2-9H,1H3,(H,18,21)/t9-/m1/s1. The van der Waals surface area contributed by atoms with Crippen LogP contribution in [0.2, 0.25) is 0 Å². The van der Waals surface area contributed by atoms with Crippen LogP contribution in [0, 0.1) is 0 Å². The minimum atomic E-state index is -0.755. The molecule has 8 heteroatoms. The van der Waals surface area contributed by atoms with Crippen molar-refractivity contribution in [3.63, 3.8) is 0 Å². The second-order valence-electron chi connectivity index (χ2n) is 4.64. The quantitative estimate of drug-likeness (QED) is 0.738. The molecule has 3 rings (SSSR count). The number of rotatable bonds is 3. The number of benzene rings is 1. The first kappa shape index (κ1) is 14.3. The molecule has 2 heterocycles. The van der Waals surface area contributed by atoms with Crippen molar-refractivity contribution in [3.05, 3.63) is 53.2 Å². The third kappa shape index (κ3) is 2.46. The summed E-state index contributed by atoms with van der Waals surface area (Å²) in [6.45, 7) is 1.52. The topological polar surface area (TPSA) is 81.8 Å². The van der Waals surface area contributed by atoms with Crippen molar-refractivity contribution in [2.24, 2.45) is 0 Å². The zero-order valence-electron chi connectivity index (χ0n) is 11.6. The Balaban J connectivity index is 2.07. The van der Waals surface area contributed by atoms with Gasteiger partial charge in [-0.2, -0.15) is 5.10 Å². The summed E-state index contributed by atoms with van der Waals surface area (Å²) in [6, 6.07) is 9.34. The van der Waals surface area contributed by atoms with Gasteiger partial charge >= 0.3 is 0 Å². The second-order valence-corrected chi connectivity index (χ2v) is 5.30. The largest absolute Gasteiger partial charge is 0.283 e. The predicted octanol–water partition coefficient (Wildman–Crippen LogP) is 1.28. The predicted molar refractivity (Wildman–Crippen MR) is 82.8 cm³/mol. The molecule has 0 fully saturated rings. The number of nitrogens with one attached hydrogen (secondary N) is 1. The summed E-state index contributed by atoms with van der Waals surface area (Å²) >= 11 is 5.67. The van der Waals surface area contributed by atoms with Gasteiger partial charge in [-0.05, 0) is 19.1 Å². The molecule has 0 spiro atoms. The van der Waals surface area contributed by atoms with Crippen LogP contribution >= 0.6 is 11.6 Å². The van der Waals surface area contributed by atoms with Gasteiger partial charge in [0, 0.05) is 0 Å². The number of halogens is 1. The average molecular weight is 318 g/mol. The zero-order valence-corrected chi connectivity index (χ0v) is 12.4. The number of alkyl halides is 1. The Morgan fingerprint density at radius 3 is 2.73 bits per heavy atom. The number of para-hydroxylation sites is 1. The molecule has 1 aromatic carbocycles. The molecule has 0 saturated carbocycles. The lowest BCUT2D eigenvalue weighted by molar-refractivity contribution is -0.116. The van der Waals surface area contributed by atoms with E-state index in [1.54, 1.807) is 4.68 Å². The third-order valence-corrected chi connectivity index (χ3v) is 3.28. The highest BCUT2D eigenvalue weighted by Gasteiger charge is 2.14. The van der Waals surface area contributed by atoms with Gasteiger partial charge in [-0.25, -0.2) is 14.3 Å². The van der Waals surface area contributed by atoms with Crippen LogP contribution in [0.4, 0.5) is 0 Å². The Labute approximate surface area is 130 Å². The fourth-order valence-electron chi connectivity index (χ4n) is 1.96. The van der Waals surface area contributed by atoms with Gasteiger partial charge in [-0.1, -0.05) is 18.2 Å². The van der Waals surface area contributed by atoms with Crippen LogP contribution in [0.25, 0.3) is 16.7 Å². The van der Waals surface area contributed by atoms with E-state index < -0.39 is 16.8 Å². The summed E-state index contributed by atoms with van der Waals surface area (Å²) in [5.41, 5.74) is 3.18. The van der Waals surface area contributed by atoms with Gasteiger partial charge in [-0.3, -0.25) is 15.0 Å². The first-order valence-electron chi connectivity index (χ1n) is 6.53. The SMILES string of the molecule is C[C@@H](Cl)C(=O)Nn1cnc2c(cnn2-c2ccccc2)c1=O. The van der Waals surface area contributed by atoms with Crippen molar-refractivity contribution in [1.29, 1.82) is 0 Å².